The number of carbonyl (C=O) groups excluding carboxylic acids is 2. The van der Waals surface area contributed by atoms with Crippen LogP contribution in [0.1, 0.15) is 30.6 Å². The lowest BCUT2D eigenvalue weighted by Gasteiger charge is -2.16. The Labute approximate surface area is 106 Å². The van der Waals surface area contributed by atoms with Crippen molar-refractivity contribution in [1.29, 1.82) is 0 Å². The van der Waals surface area contributed by atoms with Gasteiger partial charge in [-0.05, 0) is 25.5 Å². The zero-order valence-corrected chi connectivity index (χ0v) is 10.6. The van der Waals surface area contributed by atoms with Crippen LogP contribution in [0.5, 0.6) is 0 Å². The van der Waals surface area contributed by atoms with Crippen LogP contribution in [0.15, 0.2) is 24.3 Å². The average molecular weight is 250 g/mol. The molecule has 0 heterocycles. The van der Waals surface area contributed by atoms with Gasteiger partial charge >= 0.3 is 5.97 Å². The molecule has 0 aliphatic heterocycles. The summed E-state index contributed by atoms with van der Waals surface area (Å²) in [6.45, 7) is 3.82. The van der Waals surface area contributed by atoms with Gasteiger partial charge in [-0.25, -0.2) is 4.79 Å². The molecule has 0 fully saturated rings. The monoisotopic (exact) mass is 250 g/mol. The maximum absolute atomic E-state index is 11.9. The molecule has 98 valence electrons. The summed E-state index contributed by atoms with van der Waals surface area (Å²) in [5.41, 5.74) is 6.44. The van der Waals surface area contributed by atoms with Crippen LogP contribution in [0, 0.1) is 0 Å². The van der Waals surface area contributed by atoms with E-state index in [9.17, 15) is 9.59 Å². The molecule has 18 heavy (non-hydrogen) atoms. The van der Waals surface area contributed by atoms with Crippen molar-refractivity contribution in [2.75, 3.05) is 12.3 Å². The van der Waals surface area contributed by atoms with Gasteiger partial charge < -0.3 is 15.8 Å². The molecule has 0 saturated carbocycles. The molecule has 1 aromatic carbocycles. The minimum atomic E-state index is -0.642. The molecule has 0 aromatic heterocycles. The van der Waals surface area contributed by atoms with E-state index in [-0.39, 0.29) is 5.91 Å². The third-order valence-corrected chi connectivity index (χ3v) is 2.49. The van der Waals surface area contributed by atoms with E-state index < -0.39 is 12.0 Å². The second kappa shape index (κ2) is 6.64. The Morgan fingerprint density at radius 3 is 2.56 bits per heavy atom. The Balaban J connectivity index is 2.74. The van der Waals surface area contributed by atoms with Gasteiger partial charge in [0.25, 0.3) is 5.91 Å². The molecule has 3 N–H and O–H groups in total. The van der Waals surface area contributed by atoms with Gasteiger partial charge in [0.1, 0.15) is 6.04 Å². The third kappa shape index (κ3) is 3.48. The smallest absolute Gasteiger partial charge is 0.328 e. The summed E-state index contributed by atoms with van der Waals surface area (Å²) in [4.78, 5) is 23.5. The van der Waals surface area contributed by atoms with Gasteiger partial charge in [0.05, 0.1) is 12.2 Å². The number of rotatable bonds is 5. The van der Waals surface area contributed by atoms with Crippen molar-refractivity contribution < 1.29 is 14.3 Å². The average Bonchev–Trinajstić information content (AvgIpc) is 2.36. The number of esters is 1. The molecule has 0 saturated heterocycles. The molecule has 1 aromatic rings. The number of benzene rings is 1. The number of nitrogen functional groups attached to an aromatic ring is 1. The van der Waals surface area contributed by atoms with E-state index in [1.54, 1.807) is 38.1 Å². The summed E-state index contributed by atoms with van der Waals surface area (Å²) in [6, 6.07) is 6.07. The summed E-state index contributed by atoms with van der Waals surface area (Å²) in [6.07, 6.45) is 0.470. The Morgan fingerprint density at radius 2 is 2.00 bits per heavy atom. The fourth-order valence-corrected chi connectivity index (χ4v) is 1.51. The first-order valence-corrected chi connectivity index (χ1v) is 5.92. The maximum atomic E-state index is 11.9. The Morgan fingerprint density at radius 1 is 1.33 bits per heavy atom. The van der Waals surface area contributed by atoms with Gasteiger partial charge in [-0.1, -0.05) is 19.1 Å². The van der Waals surface area contributed by atoms with Crippen molar-refractivity contribution in [1.82, 2.24) is 5.32 Å². The van der Waals surface area contributed by atoms with Gasteiger partial charge in [-0.15, -0.1) is 0 Å². The number of amides is 1. The second-order valence-corrected chi connectivity index (χ2v) is 3.77. The predicted molar refractivity (Wildman–Crippen MR) is 69.0 cm³/mol. The number of hydrogen-bond acceptors (Lipinski definition) is 4. The largest absolute Gasteiger partial charge is 0.464 e. The van der Waals surface area contributed by atoms with Crippen molar-refractivity contribution in [2.45, 2.75) is 26.3 Å². The van der Waals surface area contributed by atoms with Crippen molar-refractivity contribution in [3.05, 3.63) is 29.8 Å². The number of carbonyl (C=O) groups is 2. The quantitative estimate of drug-likeness (QED) is 0.610. The highest BCUT2D eigenvalue weighted by atomic mass is 16.5. The molecular formula is C13H18N2O3. The number of ether oxygens (including phenoxy) is 1. The van der Waals surface area contributed by atoms with E-state index >= 15 is 0 Å². The minimum Gasteiger partial charge on any atom is -0.464 e. The Hall–Kier alpha value is -2.04. The fraction of sp³-hybridized carbons (Fsp3) is 0.385. The Bertz CT molecular complexity index is 432. The summed E-state index contributed by atoms with van der Waals surface area (Å²) in [7, 11) is 0. The van der Waals surface area contributed by atoms with Crippen molar-refractivity contribution in [3.63, 3.8) is 0 Å². The maximum Gasteiger partial charge on any atom is 0.328 e. The van der Waals surface area contributed by atoms with Crippen LogP contribution in [0.4, 0.5) is 5.69 Å². The topological polar surface area (TPSA) is 81.4 Å². The van der Waals surface area contributed by atoms with Crippen LogP contribution in [0.2, 0.25) is 0 Å². The highest BCUT2D eigenvalue weighted by Gasteiger charge is 2.21. The summed E-state index contributed by atoms with van der Waals surface area (Å²) >= 11 is 0. The predicted octanol–water partition coefficient (Wildman–Crippen LogP) is 1.34. The fourth-order valence-electron chi connectivity index (χ4n) is 1.51. The highest BCUT2D eigenvalue weighted by Crippen LogP contribution is 2.10. The first-order chi connectivity index (χ1) is 8.60. The van der Waals surface area contributed by atoms with Gasteiger partial charge in [0.2, 0.25) is 0 Å². The normalized spacial score (nSPS) is 11.7. The van der Waals surface area contributed by atoms with E-state index in [0.29, 0.717) is 24.3 Å². The first-order valence-electron chi connectivity index (χ1n) is 5.92. The number of nitrogens with two attached hydrogens (primary N) is 1. The molecular weight excluding hydrogens is 232 g/mol. The van der Waals surface area contributed by atoms with Gasteiger partial charge in [-0.3, -0.25) is 4.79 Å². The van der Waals surface area contributed by atoms with E-state index in [1.165, 1.54) is 0 Å². The van der Waals surface area contributed by atoms with E-state index in [0.717, 1.165) is 0 Å². The second-order valence-electron chi connectivity index (χ2n) is 3.77. The van der Waals surface area contributed by atoms with Gasteiger partial charge in [-0.2, -0.15) is 0 Å². The minimum absolute atomic E-state index is 0.290. The lowest BCUT2D eigenvalue weighted by molar-refractivity contribution is -0.145. The SMILES string of the molecule is CCOC(=O)[C@@H](CC)NC(=O)c1ccccc1N. The van der Waals surface area contributed by atoms with Crippen LogP contribution in [-0.4, -0.2) is 24.5 Å². The van der Waals surface area contributed by atoms with E-state index in [4.69, 9.17) is 10.5 Å². The van der Waals surface area contributed by atoms with Crippen molar-refractivity contribution in [2.24, 2.45) is 0 Å². The zero-order valence-electron chi connectivity index (χ0n) is 10.6. The molecule has 1 atom stereocenters. The number of para-hydroxylation sites is 1. The van der Waals surface area contributed by atoms with Crippen LogP contribution < -0.4 is 11.1 Å². The molecule has 0 aliphatic carbocycles. The Kier molecular flexibility index (Phi) is 5.17. The van der Waals surface area contributed by atoms with Crippen LogP contribution in [0.3, 0.4) is 0 Å². The molecule has 5 heteroatoms. The molecule has 5 nitrogen and oxygen atoms in total. The highest BCUT2D eigenvalue weighted by molar-refractivity contribution is 6.00. The van der Waals surface area contributed by atoms with Crippen LogP contribution in [0.25, 0.3) is 0 Å². The zero-order chi connectivity index (χ0) is 13.5. The number of hydrogen-bond donors (Lipinski definition) is 2. The molecule has 1 amide bonds. The molecule has 0 aliphatic rings. The molecule has 0 spiro atoms. The summed E-state index contributed by atoms with van der Waals surface area (Å²) in [5.74, 6) is -0.796. The van der Waals surface area contributed by atoms with Crippen LogP contribution >= 0.6 is 0 Å². The molecule has 0 unspecified atom stereocenters. The standard InChI is InChI=1S/C13H18N2O3/c1-3-11(13(17)18-4-2)15-12(16)9-7-5-6-8-10(9)14/h5-8,11H,3-4,14H2,1-2H3,(H,15,16)/t11-/m1/s1. The van der Waals surface area contributed by atoms with Crippen molar-refractivity contribution in [3.8, 4) is 0 Å². The van der Waals surface area contributed by atoms with Gasteiger partial charge in [0.15, 0.2) is 0 Å². The number of anilines is 1. The number of nitrogens with one attached hydrogen (secondary N) is 1. The van der Waals surface area contributed by atoms with E-state index in [2.05, 4.69) is 5.32 Å². The van der Waals surface area contributed by atoms with E-state index in [1.807, 2.05) is 0 Å². The van der Waals surface area contributed by atoms with Gasteiger partial charge in [0, 0.05) is 5.69 Å². The lowest BCUT2D eigenvalue weighted by Crippen LogP contribution is -2.41. The van der Waals surface area contributed by atoms with Crippen molar-refractivity contribution >= 4 is 17.6 Å². The first kappa shape index (κ1) is 14.0. The molecule has 0 radical (unpaired) electrons. The molecule has 0 bridgehead atoms. The third-order valence-electron chi connectivity index (χ3n) is 2.49. The molecule has 1 rings (SSSR count). The van der Waals surface area contributed by atoms with Crippen LogP contribution in [-0.2, 0) is 9.53 Å². The summed E-state index contributed by atoms with van der Waals surface area (Å²) in [5, 5.41) is 2.61. The summed E-state index contributed by atoms with van der Waals surface area (Å²) < 4.78 is 4.88. The lowest BCUT2D eigenvalue weighted by atomic mass is 10.1.